The topological polar surface area (TPSA) is 159 Å². The molecule has 140 valence electrons. The van der Waals surface area contributed by atoms with Gasteiger partial charge in [-0.3, -0.25) is 10.1 Å². The molecule has 27 heavy (non-hydrogen) atoms. The van der Waals surface area contributed by atoms with Gasteiger partial charge >= 0.3 is 11.8 Å². The number of carbonyl (C=O) groups is 1. The number of carbonyl (C=O) groups excluding carboxylic acids is 1. The molecule has 0 bridgehead atoms. The second-order valence-electron chi connectivity index (χ2n) is 5.46. The molecule has 0 radical (unpaired) electrons. The first-order chi connectivity index (χ1) is 12.9. The summed E-state index contributed by atoms with van der Waals surface area (Å²) in [5.74, 6) is 0. The van der Waals surface area contributed by atoms with Crippen molar-refractivity contribution in [2.24, 2.45) is 0 Å². The van der Waals surface area contributed by atoms with Gasteiger partial charge in [-0.25, -0.2) is 9.78 Å². The quantitative estimate of drug-likeness (QED) is 0.482. The zero-order valence-corrected chi connectivity index (χ0v) is 14.0. The molecule has 10 heteroatoms. The van der Waals surface area contributed by atoms with Crippen LogP contribution in [0.4, 0.5) is 10.5 Å². The lowest BCUT2D eigenvalue weighted by molar-refractivity contribution is -0.385. The van der Waals surface area contributed by atoms with Crippen LogP contribution in [0.25, 0.3) is 0 Å². The molecule has 1 heterocycles. The van der Waals surface area contributed by atoms with Gasteiger partial charge in [-0.15, -0.1) is 0 Å². The summed E-state index contributed by atoms with van der Waals surface area (Å²) in [6, 6.07) is 11.5. The van der Waals surface area contributed by atoms with Crippen LogP contribution in [-0.4, -0.2) is 38.9 Å². The van der Waals surface area contributed by atoms with Gasteiger partial charge in [0.25, 0.3) is 0 Å². The fourth-order valence-corrected chi connectivity index (χ4v) is 2.15. The number of amides is 1. The van der Waals surface area contributed by atoms with E-state index in [9.17, 15) is 25.1 Å². The molecule has 1 amide bonds. The number of aliphatic hydroxyl groups excluding tert-OH is 2. The third-order valence-corrected chi connectivity index (χ3v) is 3.57. The van der Waals surface area contributed by atoms with Crippen molar-refractivity contribution >= 4 is 11.8 Å². The van der Waals surface area contributed by atoms with Crippen molar-refractivity contribution in [1.82, 2.24) is 10.3 Å². The van der Waals surface area contributed by atoms with Gasteiger partial charge < -0.3 is 20.3 Å². The summed E-state index contributed by atoms with van der Waals surface area (Å²) < 4.78 is 4.96. The van der Waals surface area contributed by atoms with E-state index >= 15 is 0 Å². The smallest absolute Gasteiger partial charge is 0.407 e. The van der Waals surface area contributed by atoms with Gasteiger partial charge in [0.1, 0.15) is 24.9 Å². The van der Waals surface area contributed by atoms with Crippen LogP contribution in [0, 0.1) is 21.4 Å². The molecule has 0 aliphatic rings. The minimum atomic E-state index is -1.56. The molecule has 0 fully saturated rings. The molecule has 0 spiro atoms. The molecule has 2 rings (SSSR count). The van der Waals surface area contributed by atoms with Crippen LogP contribution in [0.2, 0.25) is 0 Å². The minimum absolute atomic E-state index is 0.0387. The Balaban J connectivity index is 1.90. The molecular weight excluding hydrogens is 356 g/mol. The van der Waals surface area contributed by atoms with E-state index in [1.165, 1.54) is 0 Å². The first-order valence-corrected chi connectivity index (χ1v) is 7.77. The molecule has 1 aromatic carbocycles. The molecule has 2 unspecified atom stereocenters. The Labute approximate surface area is 153 Å². The summed E-state index contributed by atoms with van der Waals surface area (Å²) in [5, 5.41) is 42.1. The highest BCUT2D eigenvalue weighted by molar-refractivity contribution is 5.67. The van der Waals surface area contributed by atoms with Gasteiger partial charge in [-0.1, -0.05) is 30.3 Å². The molecule has 2 atom stereocenters. The second kappa shape index (κ2) is 9.23. The Bertz CT molecular complexity index is 852. The summed E-state index contributed by atoms with van der Waals surface area (Å²) >= 11 is 0. The number of nitriles is 1. The third kappa shape index (κ3) is 5.46. The van der Waals surface area contributed by atoms with Crippen molar-refractivity contribution in [3.05, 3.63) is 69.5 Å². The Hall–Kier alpha value is -3.55. The summed E-state index contributed by atoms with van der Waals surface area (Å²) in [7, 11) is 0. The highest BCUT2D eigenvalue weighted by atomic mass is 16.6. The van der Waals surface area contributed by atoms with Crippen LogP contribution in [0.1, 0.15) is 22.9 Å². The van der Waals surface area contributed by atoms with Gasteiger partial charge in [0.15, 0.2) is 0 Å². The largest absolute Gasteiger partial charge is 0.445 e. The van der Waals surface area contributed by atoms with Crippen LogP contribution < -0.4 is 5.32 Å². The maximum atomic E-state index is 11.6. The Kier molecular flexibility index (Phi) is 6.76. The number of aromatic nitrogens is 1. The normalized spacial score (nSPS) is 12.5. The van der Waals surface area contributed by atoms with Gasteiger partial charge in [-0.05, 0) is 5.56 Å². The SMILES string of the molecule is N#Cc1ncc(C(O)C(O)CNC(=O)OCc2ccccc2)cc1[N+](=O)[O-]. The first-order valence-electron chi connectivity index (χ1n) is 7.77. The summed E-state index contributed by atoms with van der Waals surface area (Å²) in [5.41, 5.74) is -0.276. The standard InChI is InChI=1S/C17H16N4O6/c18-7-13-14(21(25)26)6-12(8-19-13)16(23)15(22)9-20-17(24)27-10-11-4-2-1-3-5-11/h1-6,8,15-16,22-23H,9-10H2,(H,20,24). The number of alkyl carbamates (subject to hydrolysis) is 1. The summed E-state index contributed by atoms with van der Waals surface area (Å²) in [6.45, 7) is -0.320. The molecular formula is C17H16N4O6. The van der Waals surface area contributed by atoms with Crippen LogP contribution in [0.15, 0.2) is 42.6 Å². The Morgan fingerprint density at radius 3 is 2.70 bits per heavy atom. The number of aliphatic hydroxyl groups is 2. The molecule has 10 nitrogen and oxygen atoms in total. The van der Waals surface area contributed by atoms with E-state index in [0.29, 0.717) is 0 Å². The molecule has 0 aliphatic carbocycles. The number of ether oxygens (including phenoxy) is 1. The minimum Gasteiger partial charge on any atom is -0.445 e. The number of nitrogens with one attached hydrogen (secondary N) is 1. The number of nitro groups is 1. The zero-order valence-electron chi connectivity index (χ0n) is 14.0. The van der Waals surface area contributed by atoms with Gasteiger partial charge in [0, 0.05) is 24.4 Å². The van der Waals surface area contributed by atoms with E-state index < -0.39 is 34.6 Å². The maximum Gasteiger partial charge on any atom is 0.407 e. The van der Waals surface area contributed by atoms with Crippen molar-refractivity contribution in [2.45, 2.75) is 18.8 Å². The number of benzene rings is 1. The third-order valence-electron chi connectivity index (χ3n) is 3.57. The lowest BCUT2D eigenvalue weighted by Crippen LogP contribution is -2.35. The average Bonchev–Trinajstić information content (AvgIpc) is 2.70. The summed E-state index contributed by atoms with van der Waals surface area (Å²) in [4.78, 5) is 25.4. The van der Waals surface area contributed by atoms with Crippen LogP contribution in [-0.2, 0) is 11.3 Å². The number of hydrogen-bond donors (Lipinski definition) is 3. The van der Waals surface area contributed by atoms with Crippen LogP contribution in [0.3, 0.4) is 0 Å². The fraction of sp³-hybridized carbons (Fsp3) is 0.235. The summed E-state index contributed by atoms with van der Waals surface area (Å²) in [6.07, 6.45) is -2.77. The Morgan fingerprint density at radius 2 is 2.07 bits per heavy atom. The lowest BCUT2D eigenvalue weighted by Gasteiger charge is -2.18. The van der Waals surface area contributed by atoms with E-state index in [2.05, 4.69) is 10.3 Å². The number of pyridine rings is 1. The van der Waals surface area contributed by atoms with Crippen molar-refractivity contribution in [1.29, 1.82) is 5.26 Å². The van der Waals surface area contributed by atoms with Crippen molar-refractivity contribution in [3.63, 3.8) is 0 Å². The molecule has 3 N–H and O–H groups in total. The molecule has 0 aliphatic heterocycles. The monoisotopic (exact) mass is 372 g/mol. The first kappa shape index (κ1) is 19.8. The zero-order chi connectivity index (χ0) is 19.8. The predicted octanol–water partition coefficient (Wildman–Crippen LogP) is 1.18. The molecule has 1 aromatic heterocycles. The maximum absolute atomic E-state index is 11.6. The highest BCUT2D eigenvalue weighted by Crippen LogP contribution is 2.23. The molecule has 0 saturated carbocycles. The van der Waals surface area contributed by atoms with E-state index in [0.717, 1.165) is 17.8 Å². The van der Waals surface area contributed by atoms with E-state index in [-0.39, 0.29) is 18.7 Å². The van der Waals surface area contributed by atoms with E-state index in [1.54, 1.807) is 30.3 Å². The van der Waals surface area contributed by atoms with Gasteiger partial charge in [0.05, 0.1) is 4.92 Å². The average molecular weight is 372 g/mol. The van der Waals surface area contributed by atoms with Crippen LogP contribution >= 0.6 is 0 Å². The van der Waals surface area contributed by atoms with E-state index in [4.69, 9.17) is 10.00 Å². The van der Waals surface area contributed by atoms with Gasteiger partial charge in [-0.2, -0.15) is 5.26 Å². The lowest BCUT2D eigenvalue weighted by atomic mass is 10.1. The molecule has 0 saturated heterocycles. The predicted molar refractivity (Wildman–Crippen MR) is 91.2 cm³/mol. The van der Waals surface area contributed by atoms with Crippen molar-refractivity contribution in [2.75, 3.05) is 6.54 Å². The van der Waals surface area contributed by atoms with Crippen molar-refractivity contribution in [3.8, 4) is 6.07 Å². The number of hydrogen-bond acceptors (Lipinski definition) is 8. The van der Waals surface area contributed by atoms with Crippen LogP contribution in [0.5, 0.6) is 0 Å². The number of nitrogens with zero attached hydrogens (tertiary/aromatic N) is 3. The molecule has 2 aromatic rings. The van der Waals surface area contributed by atoms with Crippen molar-refractivity contribution < 1.29 is 24.7 Å². The van der Waals surface area contributed by atoms with Gasteiger partial charge in [0.2, 0.25) is 5.69 Å². The highest BCUT2D eigenvalue weighted by Gasteiger charge is 2.24. The Morgan fingerprint density at radius 1 is 1.37 bits per heavy atom. The second-order valence-corrected chi connectivity index (χ2v) is 5.46. The van der Waals surface area contributed by atoms with E-state index in [1.807, 2.05) is 6.07 Å². The number of rotatable bonds is 7. The fourth-order valence-electron chi connectivity index (χ4n) is 2.15.